The van der Waals surface area contributed by atoms with E-state index in [0.717, 1.165) is 44.2 Å². The summed E-state index contributed by atoms with van der Waals surface area (Å²) in [6.07, 6.45) is 1.03. The highest BCUT2D eigenvalue weighted by molar-refractivity contribution is 5.56. The second-order valence-electron chi connectivity index (χ2n) is 5.00. The van der Waals surface area contributed by atoms with E-state index in [1.807, 2.05) is 18.2 Å². The van der Waals surface area contributed by atoms with Crippen LogP contribution < -0.4 is 10.1 Å². The first-order chi connectivity index (χ1) is 8.23. The Morgan fingerprint density at radius 3 is 2.76 bits per heavy atom. The van der Waals surface area contributed by atoms with Gasteiger partial charge in [-0.15, -0.1) is 0 Å². The number of ether oxygens (including phenoxy) is 2. The van der Waals surface area contributed by atoms with Crippen molar-refractivity contribution in [2.75, 3.05) is 31.7 Å². The van der Waals surface area contributed by atoms with Crippen LogP contribution in [-0.2, 0) is 4.74 Å². The molecular weight excluding hydrogens is 214 g/mol. The lowest BCUT2D eigenvalue weighted by Crippen LogP contribution is -2.45. The second-order valence-corrected chi connectivity index (χ2v) is 5.00. The molecule has 1 heterocycles. The zero-order chi connectivity index (χ0) is 12.1. The van der Waals surface area contributed by atoms with E-state index in [4.69, 9.17) is 9.47 Å². The maximum atomic E-state index is 5.71. The van der Waals surface area contributed by atoms with Crippen LogP contribution in [0.5, 0.6) is 5.75 Å². The fourth-order valence-corrected chi connectivity index (χ4v) is 1.81. The van der Waals surface area contributed by atoms with Crippen LogP contribution in [0.3, 0.4) is 0 Å². The van der Waals surface area contributed by atoms with Crippen molar-refractivity contribution in [1.29, 1.82) is 0 Å². The minimum Gasteiger partial charge on any atom is -0.491 e. The predicted octanol–water partition coefficient (Wildman–Crippen LogP) is 2.92. The molecule has 1 aromatic carbocycles. The average molecular weight is 235 g/mol. The number of anilines is 1. The van der Waals surface area contributed by atoms with E-state index >= 15 is 0 Å². The number of rotatable bonds is 6. The first-order valence-corrected chi connectivity index (χ1v) is 6.27. The van der Waals surface area contributed by atoms with Crippen molar-refractivity contribution in [2.45, 2.75) is 20.3 Å². The first kappa shape index (κ1) is 12.2. The van der Waals surface area contributed by atoms with Gasteiger partial charge in [-0.25, -0.2) is 0 Å². The monoisotopic (exact) mass is 235 g/mol. The number of nitrogens with one attached hydrogen (secondary N) is 1. The molecule has 3 nitrogen and oxygen atoms in total. The molecule has 2 rings (SSSR count). The molecule has 0 aromatic heterocycles. The minimum absolute atomic E-state index is 0.276. The quantitative estimate of drug-likeness (QED) is 0.822. The van der Waals surface area contributed by atoms with Crippen molar-refractivity contribution in [3.8, 4) is 5.75 Å². The number of para-hydroxylation sites is 2. The van der Waals surface area contributed by atoms with Crippen molar-refractivity contribution in [3.05, 3.63) is 24.3 Å². The molecule has 0 bridgehead atoms. The zero-order valence-electron chi connectivity index (χ0n) is 10.7. The molecule has 1 N–H and O–H groups in total. The molecule has 1 fully saturated rings. The fourth-order valence-electron chi connectivity index (χ4n) is 1.81. The normalized spacial score (nSPS) is 17.3. The molecule has 94 valence electrons. The van der Waals surface area contributed by atoms with Crippen LogP contribution in [0.4, 0.5) is 5.69 Å². The molecule has 0 amide bonds. The fraction of sp³-hybridized carbons (Fsp3) is 0.571. The lowest BCUT2D eigenvalue weighted by Gasteiger charge is -2.38. The summed E-state index contributed by atoms with van der Waals surface area (Å²) in [7, 11) is 0. The number of benzene rings is 1. The van der Waals surface area contributed by atoms with Gasteiger partial charge in [0.1, 0.15) is 5.75 Å². The van der Waals surface area contributed by atoms with Gasteiger partial charge in [-0.3, -0.25) is 0 Å². The third-order valence-corrected chi connectivity index (χ3v) is 2.96. The van der Waals surface area contributed by atoms with Gasteiger partial charge in [0, 0.05) is 12.0 Å². The molecule has 17 heavy (non-hydrogen) atoms. The molecule has 1 aromatic rings. The van der Waals surface area contributed by atoms with Gasteiger partial charge in [-0.1, -0.05) is 26.0 Å². The van der Waals surface area contributed by atoms with Crippen molar-refractivity contribution in [3.63, 3.8) is 0 Å². The van der Waals surface area contributed by atoms with E-state index < -0.39 is 0 Å². The smallest absolute Gasteiger partial charge is 0.142 e. The van der Waals surface area contributed by atoms with Gasteiger partial charge in [0.25, 0.3) is 0 Å². The van der Waals surface area contributed by atoms with Crippen molar-refractivity contribution >= 4 is 5.69 Å². The van der Waals surface area contributed by atoms with Gasteiger partial charge in [-0.2, -0.15) is 0 Å². The van der Waals surface area contributed by atoms with Gasteiger partial charge in [0.2, 0.25) is 0 Å². The maximum Gasteiger partial charge on any atom is 0.142 e. The summed E-state index contributed by atoms with van der Waals surface area (Å²) in [5, 5.41) is 3.46. The standard InChI is InChI=1S/C14H21NO2/c1-3-8-17-13-7-5-4-6-12(13)15-9-14(2)10-16-11-14/h4-7,15H,3,8-11H2,1-2H3. The third kappa shape index (κ3) is 3.13. The van der Waals surface area contributed by atoms with Crippen LogP contribution in [-0.4, -0.2) is 26.4 Å². The van der Waals surface area contributed by atoms with Crippen LogP contribution in [0.25, 0.3) is 0 Å². The van der Waals surface area contributed by atoms with Gasteiger partial charge < -0.3 is 14.8 Å². The van der Waals surface area contributed by atoms with Crippen LogP contribution >= 0.6 is 0 Å². The molecule has 1 aliphatic rings. The summed E-state index contributed by atoms with van der Waals surface area (Å²) in [5.74, 6) is 0.943. The summed E-state index contributed by atoms with van der Waals surface area (Å²) in [6, 6.07) is 8.11. The lowest BCUT2D eigenvalue weighted by atomic mass is 9.88. The van der Waals surface area contributed by atoms with Crippen molar-refractivity contribution in [2.24, 2.45) is 5.41 Å². The minimum atomic E-state index is 0.276. The summed E-state index contributed by atoms with van der Waals surface area (Å²) < 4.78 is 11.0. The van der Waals surface area contributed by atoms with Gasteiger partial charge in [-0.05, 0) is 18.6 Å². The lowest BCUT2D eigenvalue weighted by molar-refractivity contribution is -0.0924. The molecule has 1 saturated heterocycles. The van der Waals surface area contributed by atoms with Gasteiger partial charge in [0.15, 0.2) is 0 Å². The molecule has 3 heteroatoms. The Balaban J connectivity index is 1.94. The molecule has 0 saturated carbocycles. The Bertz CT molecular complexity index is 361. The molecule has 0 aliphatic carbocycles. The van der Waals surface area contributed by atoms with Crippen LogP contribution in [0.1, 0.15) is 20.3 Å². The molecule has 1 aliphatic heterocycles. The number of hydrogen-bond acceptors (Lipinski definition) is 3. The van der Waals surface area contributed by atoms with E-state index in [9.17, 15) is 0 Å². The topological polar surface area (TPSA) is 30.5 Å². The molecule has 0 atom stereocenters. The molecule has 0 spiro atoms. The molecule has 0 radical (unpaired) electrons. The van der Waals surface area contributed by atoms with E-state index in [1.54, 1.807) is 0 Å². The third-order valence-electron chi connectivity index (χ3n) is 2.96. The van der Waals surface area contributed by atoms with Gasteiger partial charge >= 0.3 is 0 Å². The highest BCUT2D eigenvalue weighted by Crippen LogP contribution is 2.29. The Hall–Kier alpha value is -1.22. The molecular formula is C14H21NO2. The van der Waals surface area contributed by atoms with E-state index in [-0.39, 0.29) is 5.41 Å². The Labute approximate surface area is 103 Å². The van der Waals surface area contributed by atoms with Crippen LogP contribution in [0.2, 0.25) is 0 Å². The summed E-state index contributed by atoms with van der Waals surface area (Å²) >= 11 is 0. The number of hydrogen-bond donors (Lipinski definition) is 1. The summed E-state index contributed by atoms with van der Waals surface area (Å²) in [6.45, 7) is 7.73. The van der Waals surface area contributed by atoms with E-state index in [0.29, 0.717) is 0 Å². The van der Waals surface area contributed by atoms with Crippen molar-refractivity contribution < 1.29 is 9.47 Å². The largest absolute Gasteiger partial charge is 0.491 e. The predicted molar refractivity (Wildman–Crippen MR) is 69.6 cm³/mol. The maximum absolute atomic E-state index is 5.71. The average Bonchev–Trinajstić information content (AvgIpc) is 2.32. The van der Waals surface area contributed by atoms with Crippen molar-refractivity contribution in [1.82, 2.24) is 0 Å². The van der Waals surface area contributed by atoms with Crippen LogP contribution in [0, 0.1) is 5.41 Å². The van der Waals surface area contributed by atoms with Gasteiger partial charge in [0.05, 0.1) is 25.5 Å². The Morgan fingerprint density at radius 2 is 2.12 bits per heavy atom. The summed E-state index contributed by atoms with van der Waals surface area (Å²) in [5.41, 5.74) is 1.35. The van der Waals surface area contributed by atoms with E-state index in [1.165, 1.54) is 0 Å². The SMILES string of the molecule is CCCOc1ccccc1NCC1(C)COC1. The highest BCUT2D eigenvalue weighted by Gasteiger charge is 2.33. The highest BCUT2D eigenvalue weighted by atomic mass is 16.5. The Morgan fingerprint density at radius 1 is 1.35 bits per heavy atom. The first-order valence-electron chi connectivity index (χ1n) is 6.27. The second kappa shape index (κ2) is 5.41. The van der Waals surface area contributed by atoms with E-state index in [2.05, 4.69) is 25.2 Å². The Kier molecular flexibility index (Phi) is 3.89. The zero-order valence-corrected chi connectivity index (χ0v) is 10.7. The van der Waals surface area contributed by atoms with Crippen LogP contribution in [0.15, 0.2) is 24.3 Å². The summed E-state index contributed by atoms with van der Waals surface area (Å²) in [4.78, 5) is 0. The molecule has 0 unspecified atom stereocenters.